The second-order valence-electron chi connectivity index (χ2n) is 8.75. The topological polar surface area (TPSA) is 81.9 Å². The number of nitrogens with zero attached hydrogens (tertiary/aromatic N) is 2. The zero-order valence-electron chi connectivity index (χ0n) is 19.5. The molecule has 0 bridgehead atoms. The Bertz CT molecular complexity index is 1560. The van der Waals surface area contributed by atoms with Gasteiger partial charge in [-0.15, -0.1) is 0 Å². The number of rotatable bonds is 8. The molecule has 0 aliphatic rings. The molecule has 1 N–H and O–H groups in total. The van der Waals surface area contributed by atoms with Crippen molar-refractivity contribution in [3.8, 4) is 5.75 Å². The quantitative estimate of drug-likeness (QED) is 0.278. The van der Waals surface area contributed by atoms with Gasteiger partial charge in [0.2, 0.25) is 0 Å². The number of hydrogen-bond acceptors (Lipinski definition) is 5. The van der Waals surface area contributed by atoms with Gasteiger partial charge in [0, 0.05) is 40.9 Å². The lowest BCUT2D eigenvalue weighted by molar-refractivity contribution is -0.127. The molecule has 5 rings (SSSR count). The van der Waals surface area contributed by atoms with Gasteiger partial charge < -0.3 is 14.8 Å². The first-order chi connectivity index (χ1) is 16.5. The van der Waals surface area contributed by atoms with Gasteiger partial charge in [-0.1, -0.05) is 18.2 Å². The second-order valence-corrected chi connectivity index (χ2v) is 8.75. The number of nitrogens with one attached hydrogen (secondary N) is 1. The van der Waals surface area contributed by atoms with Crippen LogP contribution in [0, 0.1) is 0 Å². The van der Waals surface area contributed by atoms with Crippen molar-refractivity contribution in [2.45, 2.75) is 39.4 Å². The summed E-state index contributed by atoms with van der Waals surface area (Å²) in [5.41, 5.74) is 2.31. The lowest BCUT2D eigenvalue weighted by Crippen LogP contribution is -2.37. The van der Waals surface area contributed by atoms with E-state index >= 15 is 0 Å². The van der Waals surface area contributed by atoms with Crippen molar-refractivity contribution < 1.29 is 14.3 Å². The summed E-state index contributed by atoms with van der Waals surface area (Å²) in [6.45, 7) is 6.83. The van der Waals surface area contributed by atoms with Crippen LogP contribution in [0.25, 0.3) is 38.1 Å². The molecule has 0 fully saturated rings. The minimum absolute atomic E-state index is 0.0704. The van der Waals surface area contributed by atoms with E-state index in [0.29, 0.717) is 24.3 Å². The van der Waals surface area contributed by atoms with Crippen molar-refractivity contribution in [1.29, 1.82) is 0 Å². The van der Waals surface area contributed by atoms with Crippen molar-refractivity contribution in [3.05, 3.63) is 65.1 Å². The standard InChI is InChI=1S/C27H27N3O4/c1-16(2)33-14-6-12-29-26(31)17(3)34-18-9-10-23-22(15-18)20-11-13-28-24-19-7-4-5-8-21(19)27(32)30(23)25(20)24/h4-5,7-11,13,15-17H,6,12,14H2,1-3H3,(H,29,31)/t17-/m1/s1. The molecule has 34 heavy (non-hydrogen) atoms. The molecular weight excluding hydrogens is 430 g/mol. The van der Waals surface area contributed by atoms with Crippen molar-refractivity contribution in [2.24, 2.45) is 0 Å². The first-order valence-electron chi connectivity index (χ1n) is 11.6. The molecule has 0 aliphatic heterocycles. The normalized spacial score (nSPS) is 12.8. The van der Waals surface area contributed by atoms with Gasteiger partial charge in [0.15, 0.2) is 6.10 Å². The molecule has 7 heteroatoms. The van der Waals surface area contributed by atoms with Crippen LogP contribution in [0.4, 0.5) is 0 Å². The predicted octanol–water partition coefficient (Wildman–Crippen LogP) is 4.29. The van der Waals surface area contributed by atoms with Crippen molar-refractivity contribution >= 4 is 44.0 Å². The zero-order chi connectivity index (χ0) is 23.8. The highest BCUT2D eigenvalue weighted by molar-refractivity contribution is 6.18. The Morgan fingerprint density at radius 3 is 2.62 bits per heavy atom. The zero-order valence-corrected chi connectivity index (χ0v) is 19.5. The molecule has 1 amide bonds. The molecule has 1 atom stereocenters. The fourth-order valence-corrected chi connectivity index (χ4v) is 4.43. The molecular formula is C27H27N3O4. The Kier molecular flexibility index (Phi) is 5.79. The average molecular weight is 458 g/mol. The van der Waals surface area contributed by atoms with Gasteiger partial charge in [0.25, 0.3) is 11.5 Å². The lowest BCUT2D eigenvalue weighted by atomic mass is 10.1. The Morgan fingerprint density at radius 1 is 1.03 bits per heavy atom. The van der Waals surface area contributed by atoms with Crippen LogP contribution in [-0.4, -0.2) is 40.7 Å². The fraction of sp³-hybridized carbons (Fsp3) is 0.296. The number of amides is 1. The molecule has 0 radical (unpaired) electrons. The summed E-state index contributed by atoms with van der Waals surface area (Å²) in [5.74, 6) is 0.391. The van der Waals surface area contributed by atoms with Gasteiger partial charge in [-0.25, -0.2) is 0 Å². The van der Waals surface area contributed by atoms with Crippen LogP contribution in [0.15, 0.2) is 59.5 Å². The van der Waals surface area contributed by atoms with Crippen LogP contribution in [0.1, 0.15) is 27.2 Å². The average Bonchev–Trinajstić information content (AvgIpc) is 3.17. The minimum Gasteiger partial charge on any atom is -0.481 e. The number of pyridine rings is 2. The highest BCUT2D eigenvalue weighted by Gasteiger charge is 2.19. The SMILES string of the molecule is CC(C)OCCCNC(=O)[C@@H](C)Oc1ccc2c(c1)c1ccnc3c4ccccc4c(=O)n2c13. The molecule has 2 aromatic carbocycles. The minimum atomic E-state index is -0.657. The summed E-state index contributed by atoms with van der Waals surface area (Å²) in [7, 11) is 0. The van der Waals surface area contributed by atoms with E-state index in [-0.39, 0.29) is 17.6 Å². The molecule has 174 valence electrons. The summed E-state index contributed by atoms with van der Waals surface area (Å²) in [6, 6.07) is 15.0. The third-order valence-electron chi connectivity index (χ3n) is 6.02. The summed E-state index contributed by atoms with van der Waals surface area (Å²) in [6.07, 6.45) is 2.03. The monoisotopic (exact) mass is 457 g/mol. The first-order valence-corrected chi connectivity index (χ1v) is 11.6. The van der Waals surface area contributed by atoms with E-state index in [1.54, 1.807) is 23.6 Å². The fourth-order valence-electron chi connectivity index (χ4n) is 4.43. The lowest BCUT2D eigenvalue weighted by Gasteiger charge is -2.15. The molecule has 0 saturated carbocycles. The molecule has 3 aromatic heterocycles. The molecule has 3 heterocycles. The van der Waals surface area contributed by atoms with Crippen LogP contribution in [0.5, 0.6) is 5.75 Å². The van der Waals surface area contributed by atoms with E-state index in [2.05, 4.69) is 10.3 Å². The Labute approximate surface area is 196 Å². The van der Waals surface area contributed by atoms with Crippen molar-refractivity contribution in [3.63, 3.8) is 0 Å². The van der Waals surface area contributed by atoms with E-state index in [1.165, 1.54) is 0 Å². The Hall–Kier alpha value is -3.71. The van der Waals surface area contributed by atoms with Gasteiger partial charge in [-0.2, -0.15) is 0 Å². The summed E-state index contributed by atoms with van der Waals surface area (Å²) in [4.78, 5) is 30.4. The molecule has 0 spiro atoms. The van der Waals surface area contributed by atoms with Crippen LogP contribution >= 0.6 is 0 Å². The predicted molar refractivity (Wildman–Crippen MR) is 134 cm³/mol. The van der Waals surface area contributed by atoms with Gasteiger partial charge >= 0.3 is 0 Å². The van der Waals surface area contributed by atoms with Crippen LogP contribution in [0.2, 0.25) is 0 Å². The third kappa shape index (κ3) is 3.82. The van der Waals surface area contributed by atoms with E-state index in [1.807, 2.05) is 56.3 Å². The van der Waals surface area contributed by atoms with Gasteiger partial charge in [0.1, 0.15) is 5.75 Å². The number of benzene rings is 2. The summed E-state index contributed by atoms with van der Waals surface area (Å²) in [5, 5.41) is 6.18. The Morgan fingerprint density at radius 2 is 1.82 bits per heavy atom. The maximum Gasteiger partial charge on any atom is 0.263 e. The number of fused-ring (bicyclic) bond motifs is 5. The number of carbonyl (C=O) groups is 1. The highest BCUT2D eigenvalue weighted by atomic mass is 16.5. The maximum atomic E-state index is 13.3. The van der Waals surface area contributed by atoms with Crippen LogP contribution < -0.4 is 15.6 Å². The number of ether oxygens (including phenoxy) is 2. The third-order valence-corrected chi connectivity index (χ3v) is 6.02. The molecule has 0 saturated heterocycles. The summed E-state index contributed by atoms with van der Waals surface area (Å²) < 4.78 is 13.2. The number of aromatic nitrogens is 2. The molecule has 0 unspecified atom stereocenters. The van der Waals surface area contributed by atoms with Gasteiger partial charge in [-0.05, 0) is 57.5 Å². The smallest absolute Gasteiger partial charge is 0.263 e. The van der Waals surface area contributed by atoms with E-state index in [4.69, 9.17) is 9.47 Å². The first kappa shape index (κ1) is 22.1. The number of hydrogen-bond donors (Lipinski definition) is 1. The van der Waals surface area contributed by atoms with E-state index in [9.17, 15) is 9.59 Å². The van der Waals surface area contributed by atoms with E-state index in [0.717, 1.165) is 39.1 Å². The van der Waals surface area contributed by atoms with Crippen LogP contribution in [-0.2, 0) is 9.53 Å². The second kappa shape index (κ2) is 8.91. The van der Waals surface area contributed by atoms with Crippen molar-refractivity contribution in [2.75, 3.05) is 13.2 Å². The number of carbonyl (C=O) groups excluding carboxylic acids is 1. The van der Waals surface area contributed by atoms with Gasteiger partial charge in [-0.3, -0.25) is 19.0 Å². The molecule has 5 aromatic rings. The van der Waals surface area contributed by atoms with Crippen LogP contribution in [0.3, 0.4) is 0 Å². The van der Waals surface area contributed by atoms with E-state index < -0.39 is 6.10 Å². The van der Waals surface area contributed by atoms with Gasteiger partial charge in [0.05, 0.1) is 22.7 Å². The molecule has 0 aliphatic carbocycles. The Balaban J connectivity index is 1.45. The van der Waals surface area contributed by atoms with Crippen molar-refractivity contribution in [1.82, 2.24) is 14.7 Å². The maximum absolute atomic E-state index is 13.3. The highest BCUT2D eigenvalue weighted by Crippen LogP contribution is 2.34. The largest absolute Gasteiger partial charge is 0.481 e. The molecule has 7 nitrogen and oxygen atoms in total. The summed E-state index contributed by atoms with van der Waals surface area (Å²) >= 11 is 0.